The average molecular weight is 409 g/mol. The summed E-state index contributed by atoms with van der Waals surface area (Å²) in [4.78, 5) is 30.1. The summed E-state index contributed by atoms with van der Waals surface area (Å²) in [6, 6.07) is 12.0. The molecule has 9 heteroatoms. The molecule has 2 heterocycles. The number of nitrogens with one attached hydrogen (secondary N) is 2. The van der Waals surface area contributed by atoms with Crippen molar-refractivity contribution in [3.8, 4) is 10.6 Å². The van der Waals surface area contributed by atoms with Crippen molar-refractivity contribution < 1.29 is 9.72 Å². The number of hydrogen-bond acceptors (Lipinski definition) is 7. The minimum atomic E-state index is -0.433. The van der Waals surface area contributed by atoms with Gasteiger partial charge in [-0.15, -0.1) is 11.3 Å². The standard InChI is InChI=1S/C20H19N5O3S/c26-19(23-16-3-1-2-15(12-16)20-22-8-11-29-20)14-4-5-17(18(13-14)25(27)28)24-9-6-21-7-10-24/h1-5,8,11-13,21H,6-7,9-10H2,(H,23,26). The lowest BCUT2D eigenvalue weighted by Gasteiger charge is -2.29. The van der Waals surface area contributed by atoms with E-state index >= 15 is 0 Å². The summed E-state index contributed by atoms with van der Waals surface area (Å²) in [5, 5.41) is 20.4. The van der Waals surface area contributed by atoms with Gasteiger partial charge in [0.15, 0.2) is 0 Å². The molecule has 1 fully saturated rings. The van der Waals surface area contributed by atoms with Gasteiger partial charge < -0.3 is 15.5 Å². The maximum atomic E-state index is 12.7. The molecule has 1 saturated heterocycles. The summed E-state index contributed by atoms with van der Waals surface area (Å²) >= 11 is 1.51. The zero-order valence-electron chi connectivity index (χ0n) is 15.5. The molecule has 0 radical (unpaired) electrons. The third-order valence-corrected chi connectivity index (χ3v) is 5.51. The lowest BCUT2D eigenvalue weighted by Crippen LogP contribution is -2.43. The Hall–Kier alpha value is -3.30. The molecule has 2 aromatic carbocycles. The third kappa shape index (κ3) is 4.25. The largest absolute Gasteiger partial charge is 0.363 e. The number of aromatic nitrogens is 1. The SMILES string of the molecule is O=C(Nc1cccc(-c2nccs2)c1)c1ccc(N2CCNCC2)c([N+](=O)[O-])c1. The van der Waals surface area contributed by atoms with Crippen molar-refractivity contribution in [1.29, 1.82) is 0 Å². The van der Waals surface area contributed by atoms with Gasteiger partial charge in [0, 0.05) is 60.6 Å². The maximum absolute atomic E-state index is 12.7. The number of rotatable bonds is 5. The van der Waals surface area contributed by atoms with E-state index in [0.717, 1.165) is 23.7 Å². The van der Waals surface area contributed by atoms with Crippen molar-refractivity contribution >= 4 is 34.3 Å². The average Bonchev–Trinajstić information content (AvgIpc) is 3.29. The Morgan fingerprint density at radius 2 is 2.03 bits per heavy atom. The highest BCUT2D eigenvalue weighted by molar-refractivity contribution is 7.13. The predicted octanol–water partition coefficient (Wildman–Crippen LogP) is 3.38. The van der Waals surface area contributed by atoms with E-state index in [2.05, 4.69) is 15.6 Å². The minimum absolute atomic E-state index is 0.0592. The topological polar surface area (TPSA) is 100 Å². The van der Waals surface area contributed by atoms with E-state index in [4.69, 9.17) is 0 Å². The first-order valence-electron chi connectivity index (χ1n) is 9.17. The number of nitro groups is 1. The van der Waals surface area contributed by atoms with Gasteiger partial charge in [0.2, 0.25) is 0 Å². The van der Waals surface area contributed by atoms with Gasteiger partial charge in [0.1, 0.15) is 10.7 Å². The van der Waals surface area contributed by atoms with Gasteiger partial charge in [0.25, 0.3) is 11.6 Å². The summed E-state index contributed by atoms with van der Waals surface area (Å²) in [7, 11) is 0. The van der Waals surface area contributed by atoms with Crippen molar-refractivity contribution in [3.63, 3.8) is 0 Å². The molecule has 1 aromatic heterocycles. The van der Waals surface area contributed by atoms with Crippen LogP contribution in [0.25, 0.3) is 10.6 Å². The van der Waals surface area contributed by atoms with E-state index in [9.17, 15) is 14.9 Å². The molecule has 1 aliphatic heterocycles. The number of nitrogens with zero attached hydrogens (tertiary/aromatic N) is 3. The lowest BCUT2D eigenvalue weighted by molar-refractivity contribution is -0.384. The van der Waals surface area contributed by atoms with Gasteiger partial charge in [-0.3, -0.25) is 14.9 Å². The van der Waals surface area contributed by atoms with E-state index in [1.165, 1.54) is 17.4 Å². The van der Waals surface area contributed by atoms with Gasteiger partial charge in [-0.25, -0.2) is 4.98 Å². The number of amides is 1. The maximum Gasteiger partial charge on any atom is 0.293 e. The molecule has 3 aromatic rings. The highest BCUT2D eigenvalue weighted by Crippen LogP contribution is 2.30. The van der Waals surface area contributed by atoms with Crippen molar-refractivity contribution in [2.75, 3.05) is 36.4 Å². The molecule has 8 nitrogen and oxygen atoms in total. The highest BCUT2D eigenvalue weighted by atomic mass is 32.1. The Bertz CT molecular complexity index is 1030. The monoisotopic (exact) mass is 409 g/mol. The van der Waals surface area contributed by atoms with E-state index in [1.54, 1.807) is 24.4 Å². The molecular weight excluding hydrogens is 390 g/mol. The number of thiazole rings is 1. The second-order valence-electron chi connectivity index (χ2n) is 6.57. The van der Waals surface area contributed by atoms with Crippen LogP contribution in [0, 0.1) is 10.1 Å². The molecule has 2 N–H and O–H groups in total. The van der Waals surface area contributed by atoms with Gasteiger partial charge >= 0.3 is 0 Å². The van der Waals surface area contributed by atoms with E-state index in [1.807, 2.05) is 28.5 Å². The van der Waals surface area contributed by atoms with Crippen LogP contribution in [0.3, 0.4) is 0 Å². The van der Waals surface area contributed by atoms with Crippen LogP contribution in [-0.2, 0) is 0 Å². The van der Waals surface area contributed by atoms with Crippen LogP contribution in [0.15, 0.2) is 54.0 Å². The van der Waals surface area contributed by atoms with Crippen LogP contribution < -0.4 is 15.5 Å². The second-order valence-corrected chi connectivity index (χ2v) is 7.46. The first-order chi connectivity index (χ1) is 14.1. The molecule has 0 aliphatic carbocycles. The number of piperazine rings is 1. The van der Waals surface area contributed by atoms with Crippen LogP contribution in [-0.4, -0.2) is 42.0 Å². The molecule has 0 saturated carbocycles. The summed E-state index contributed by atoms with van der Waals surface area (Å²) in [6.07, 6.45) is 1.73. The van der Waals surface area contributed by atoms with E-state index in [0.29, 0.717) is 24.5 Å². The fraction of sp³-hybridized carbons (Fsp3) is 0.200. The normalized spacial score (nSPS) is 13.9. The summed E-state index contributed by atoms with van der Waals surface area (Å²) in [5.74, 6) is -0.392. The predicted molar refractivity (Wildman–Crippen MR) is 114 cm³/mol. The quantitative estimate of drug-likeness (QED) is 0.495. The number of carbonyl (C=O) groups is 1. The molecule has 0 unspecified atom stereocenters. The smallest absolute Gasteiger partial charge is 0.293 e. The molecule has 0 atom stereocenters. The number of hydrogen-bond donors (Lipinski definition) is 2. The fourth-order valence-electron chi connectivity index (χ4n) is 3.28. The summed E-state index contributed by atoms with van der Waals surface area (Å²) in [5.41, 5.74) is 2.24. The Kier molecular flexibility index (Phi) is 5.50. The van der Waals surface area contributed by atoms with Crippen LogP contribution in [0.5, 0.6) is 0 Å². The van der Waals surface area contributed by atoms with Crippen LogP contribution >= 0.6 is 11.3 Å². The lowest BCUT2D eigenvalue weighted by atomic mass is 10.1. The Balaban J connectivity index is 1.56. The van der Waals surface area contributed by atoms with E-state index < -0.39 is 10.8 Å². The number of nitro benzene ring substituents is 1. The Morgan fingerprint density at radius 3 is 2.76 bits per heavy atom. The zero-order chi connectivity index (χ0) is 20.2. The first kappa shape index (κ1) is 19.0. The van der Waals surface area contributed by atoms with Gasteiger partial charge in [-0.2, -0.15) is 0 Å². The number of benzene rings is 2. The molecule has 1 amide bonds. The van der Waals surface area contributed by atoms with Crippen molar-refractivity contribution in [2.45, 2.75) is 0 Å². The molecular formula is C20H19N5O3S. The van der Waals surface area contributed by atoms with E-state index in [-0.39, 0.29) is 11.3 Å². The molecule has 1 aliphatic rings. The summed E-state index contributed by atoms with van der Waals surface area (Å²) in [6.45, 7) is 2.93. The molecule has 29 heavy (non-hydrogen) atoms. The van der Waals surface area contributed by atoms with Crippen molar-refractivity contribution in [3.05, 3.63) is 69.7 Å². The van der Waals surface area contributed by atoms with Gasteiger partial charge in [-0.05, 0) is 24.3 Å². The Labute approximate surface area is 171 Å². The van der Waals surface area contributed by atoms with Crippen LogP contribution in [0.1, 0.15) is 10.4 Å². The van der Waals surface area contributed by atoms with Crippen molar-refractivity contribution in [2.24, 2.45) is 0 Å². The number of anilines is 2. The Morgan fingerprint density at radius 1 is 1.21 bits per heavy atom. The fourth-order valence-corrected chi connectivity index (χ4v) is 3.92. The van der Waals surface area contributed by atoms with Gasteiger partial charge in [-0.1, -0.05) is 12.1 Å². The zero-order valence-corrected chi connectivity index (χ0v) is 16.3. The molecule has 0 bridgehead atoms. The second kappa shape index (κ2) is 8.38. The van der Waals surface area contributed by atoms with Gasteiger partial charge in [0.05, 0.1) is 4.92 Å². The van der Waals surface area contributed by atoms with Crippen LogP contribution in [0.2, 0.25) is 0 Å². The molecule has 148 valence electrons. The summed E-state index contributed by atoms with van der Waals surface area (Å²) < 4.78 is 0. The number of carbonyl (C=O) groups excluding carboxylic acids is 1. The van der Waals surface area contributed by atoms with Crippen LogP contribution in [0.4, 0.5) is 17.1 Å². The third-order valence-electron chi connectivity index (χ3n) is 4.69. The highest BCUT2D eigenvalue weighted by Gasteiger charge is 2.23. The molecule has 0 spiro atoms. The molecule has 4 rings (SSSR count). The first-order valence-corrected chi connectivity index (χ1v) is 10.1. The minimum Gasteiger partial charge on any atom is -0.363 e. The van der Waals surface area contributed by atoms with Crippen molar-refractivity contribution in [1.82, 2.24) is 10.3 Å².